The maximum atomic E-state index is 4.25. The lowest BCUT2D eigenvalue weighted by molar-refractivity contribution is 0.964. The molecule has 0 aliphatic carbocycles. The van der Waals surface area contributed by atoms with Crippen LogP contribution in [0, 0.1) is 0 Å². The number of rotatable bonds is 5. The zero-order chi connectivity index (χ0) is 14.5. The van der Waals surface area contributed by atoms with Gasteiger partial charge in [-0.3, -0.25) is 0 Å². The van der Waals surface area contributed by atoms with Gasteiger partial charge in [-0.25, -0.2) is 0 Å². The molecule has 4 heteroatoms. The van der Waals surface area contributed by atoms with Crippen LogP contribution in [0.4, 0.5) is 5.13 Å². The Bertz CT molecular complexity index is 690. The largest absolute Gasteiger partial charge is 0.360 e. The second-order valence-electron chi connectivity index (χ2n) is 4.78. The number of hydrogen-bond acceptors (Lipinski definition) is 4. The van der Waals surface area contributed by atoms with Gasteiger partial charge in [0.15, 0.2) is 0 Å². The van der Waals surface area contributed by atoms with Crippen molar-refractivity contribution in [2.45, 2.75) is 13.3 Å². The molecule has 0 radical (unpaired) electrons. The third-order valence-corrected chi connectivity index (χ3v) is 4.12. The number of nitrogens with one attached hydrogen (secondary N) is 1. The highest BCUT2D eigenvalue weighted by Gasteiger charge is 2.06. The zero-order valence-electron chi connectivity index (χ0n) is 11.9. The summed E-state index contributed by atoms with van der Waals surface area (Å²) in [6, 6.07) is 18.8. The van der Waals surface area contributed by atoms with Gasteiger partial charge in [0.25, 0.3) is 0 Å². The maximum absolute atomic E-state index is 4.25. The van der Waals surface area contributed by atoms with Crippen molar-refractivity contribution in [3.8, 4) is 21.7 Å². The van der Waals surface area contributed by atoms with E-state index in [1.54, 1.807) is 11.3 Å². The Morgan fingerprint density at radius 1 is 0.857 bits per heavy atom. The van der Waals surface area contributed by atoms with Crippen LogP contribution in [-0.4, -0.2) is 16.7 Å². The summed E-state index contributed by atoms with van der Waals surface area (Å²) in [5.41, 5.74) is 3.55. The minimum absolute atomic E-state index is 0.888. The summed E-state index contributed by atoms with van der Waals surface area (Å²) >= 11 is 1.59. The van der Waals surface area contributed by atoms with Gasteiger partial charge in [0.1, 0.15) is 5.01 Å². The summed E-state index contributed by atoms with van der Waals surface area (Å²) in [7, 11) is 0. The first-order valence-corrected chi connectivity index (χ1v) is 7.91. The second-order valence-corrected chi connectivity index (χ2v) is 5.76. The lowest BCUT2D eigenvalue weighted by Gasteiger charge is -2.02. The Labute approximate surface area is 128 Å². The minimum atomic E-state index is 0.888. The van der Waals surface area contributed by atoms with Crippen LogP contribution in [0.3, 0.4) is 0 Å². The monoisotopic (exact) mass is 295 g/mol. The fraction of sp³-hybridized carbons (Fsp3) is 0.176. The van der Waals surface area contributed by atoms with Crippen LogP contribution in [-0.2, 0) is 0 Å². The number of nitrogens with zero attached hydrogens (tertiary/aromatic N) is 2. The summed E-state index contributed by atoms with van der Waals surface area (Å²) in [4.78, 5) is 0. The highest BCUT2D eigenvalue weighted by molar-refractivity contribution is 7.18. The van der Waals surface area contributed by atoms with E-state index in [9.17, 15) is 0 Å². The molecule has 0 aliphatic rings. The van der Waals surface area contributed by atoms with Gasteiger partial charge in [0.2, 0.25) is 5.13 Å². The van der Waals surface area contributed by atoms with E-state index < -0.39 is 0 Å². The van der Waals surface area contributed by atoms with Crippen molar-refractivity contribution in [1.82, 2.24) is 10.2 Å². The Morgan fingerprint density at radius 3 is 2.24 bits per heavy atom. The molecule has 1 heterocycles. The fourth-order valence-electron chi connectivity index (χ4n) is 2.08. The number of benzene rings is 2. The first-order chi connectivity index (χ1) is 10.4. The van der Waals surface area contributed by atoms with Gasteiger partial charge >= 0.3 is 0 Å². The first kappa shape index (κ1) is 13.8. The molecule has 0 aliphatic heterocycles. The fourth-order valence-corrected chi connectivity index (χ4v) is 2.85. The van der Waals surface area contributed by atoms with Gasteiger partial charge in [0.05, 0.1) is 0 Å². The highest BCUT2D eigenvalue weighted by Crippen LogP contribution is 2.28. The van der Waals surface area contributed by atoms with E-state index in [4.69, 9.17) is 0 Å². The predicted octanol–water partition coefficient (Wildman–Crippen LogP) is 4.69. The van der Waals surface area contributed by atoms with E-state index in [0.717, 1.165) is 28.7 Å². The molecular formula is C17H17N3S. The Hall–Kier alpha value is -2.20. The Kier molecular flexibility index (Phi) is 4.26. The molecule has 21 heavy (non-hydrogen) atoms. The molecule has 106 valence electrons. The molecule has 1 aromatic heterocycles. The normalized spacial score (nSPS) is 10.5. The quantitative estimate of drug-likeness (QED) is 0.741. The molecule has 3 rings (SSSR count). The van der Waals surface area contributed by atoms with Gasteiger partial charge in [-0.15, -0.1) is 10.2 Å². The van der Waals surface area contributed by atoms with E-state index in [2.05, 4.69) is 71.0 Å². The first-order valence-electron chi connectivity index (χ1n) is 7.10. The van der Waals surface area contributed by atoms with Crippen molar-refractivity contribution >= 4 is 16.5 Å². The van der Waals surface area contributed by atoms with Crippen molar-refractivity contribution in [2.75, 3.05) is 11.9 Å². The van der Waals surface area contributed by atoms with E-state index in [0.29, 0.717) is 0 Å². The lowest BCUT2D eigenvalue weighted by Crippen LogP contribution is -1.98. The number of anilines is 1. The van der Waals surface area contributed by atoms with Crippen LogP contribution in [0.15, 0.2) is 54.6 Å². The van der Waals surface area contributed by atoms with Crippen LogP contribution in [0.5, 0.6) is 0 Å². The summed E-state index contributed by atoms with van der Waals surface area (Å²) in [6.45, 7) is 3.07. The molecule has 0 saturated carbocycles. The molecular weight excluding hydrogens is 278 g/mol. The van der Waals surface area contributed by atoms with E-state index in [1.165, 1.54) is 11.1 Å². The lowest BCUT2D eigenvalue weighted by atomic mass is 10.0. The van der Waals surface area contributed by atoms with Crippen LogP contribution < -0.4 is 5.32 Å². The SMILES string of the molecule is CCCNc1nnc(-c2ccc(-c3ccccc3)cc2)s1. The average molecular weight is 295 g/mol. The van der Waals surface area contributed by atoms with Crippen molar-refractivity contribution in [3.63, 3.8) is 0 Å². The van der Waals surface area contributed by atoms with E-state index in [1.807, 2.05) is 6.07 Å². The molecule has 1 N–H and O–H groups in total. The van der Waals surface area contributed by atoms with Crippen molar-refractivity contribution in [1.29, 1.82) is 0 Å². The third kappa shape index (κ3) is 3.28. The summed E-state index contributed by atoms with van der Waals surface area (Å²) in [6.07, 6.45) is 1.08. The standard InChI is InChI=1S/C17H17N3S/c1-2-12-18-17-20-19-16(21-17)15-10-8-14(9-11-15)13-6-4-3-5-7-13/h3-11H,2,12H2,1H3,(H,18,20). The molecule has 0 saturated heterocycles. The Morgan fingerprint density at radius 2 is 1.52 bits per heavy atom. The summed E-state index contributed by atoms with van der Waals surface area (Å²) in [5.74, 6) is 0. The van der Waals surface area contributed by atoms with Crippen LogP contribution >= 0.6 is 11.3 Å². The van der Waals surface area contributed by atoms with Crippen molar-refractivity contribution in [3.05, 3.63) is 54.6 Å². The summed E-state index contributed by atoms with van der Waals surface area (Å²) in [5, 5.41) is 13.5. The molecule has 0 unspecified atom stereocenters. The topological polar surface area (TPSA) is 37.8 Å². The number of aromatic nitrogens is 2. The van der Waals surface area contributed by atoms with Crippen LogP contribution in [0.25, 0.3) is 21.7 Å². The van der Waals surface area contributed by atoms with Gasteiger partial charge in [0, 0.05) is 12.1 Å². The van der Waals surface area contributed by atoms with Crippen molar-refractivity contribution < 1.29 is 0 Å². The third-order valence-electron chi connectivity index (χ3n) is 3.19. The number of hydrogen-bond donors (Lipinski definition) is 1. The second kappa shape index (κ2) is 6.50. The molecule has 0 fully saturated rings. The van der Waals surface area contributed by atoms with Gasteiger partial charge in [-0.05, 0) is 17.5 Å². The predicted molar refractivity (Wildman–Crippen MR) is 89.6 cm³/mol. The molecule has 0 atom stereocenters. The van der Waals surface area contributed by atoms with E-state index in [-0.39, 0.29) is 0 Å². The van der Waals surface area contributed by atoms with Gasteiger partial charge < -0.3 is 5.32 Å². The average Bonchev–Trinajstić information content (AvgIpc) is 3.03. The van der Waals surface area contributed by atoms with Crippen molar-refractivity contribution in [2.24, 2.45) is 0 Å². The Balaban J connectivity index is 1.79. The molecule has 0 spiro atoms. The van der Waals surface area contributed by atoms with Crippen LogP contribution in [0.2, 0.25) is 0 Å². The maximum Gasteiger partial charge on any atom is 0.206 e. The highest BCUT2D eigenvalue weighted by atomic mass is 32.1. The summed E-state index contributed by atoms with van der Waals surface area (Å²) < 4.78 is 0. The molecule has 3 nitrogen and oxygen atoms in total. The smallest absolute Gasteiger partial charge is 0.206 e. The zero-order valence-corrected chi connectivity index (χ0v) is 12.7. The minimum Gasteiger partial charge on any atom is -0.360 e. The van der Waals surface area contributed by atoms with Gasteiger partial charge in [-0.2, -0.15) is 0 Å². The van der Waals surface area contributed by atoms with Crippen LogP contribution in [0.1, 0.15) is 13.3 Å². The molecule has 2 aromatic carbocycles. The molecule has 0 amide bonds. The van der Waals surface area contributed by atoms with E-state index >= 15 is 0 Å². The van der Waals surface area contributed by atoms with Gasteiger partial charge in [-0.1, -0.05) is 72.9 Å². The molecule has 0 bridgehead atoms. The molecule has 3 aromatic rings.